The van der Waals surface area contributed by atoms with Crippen molar-refractivity contribution in [2.45, 2.75) is 31.9 Å². The van der Waals surface area contributed by atoms with E-state index in [9.17, 15) is 27.9 Å². The number of aliphatic carboxylic acids is 1. The van der Waals surface area contributed by atoms with Crippen LogP contribution in [0.3, 0.4) is 0 Å². The van der Waals surface area contributed by atoms with Crippen molar-refractivity contribution >= 4 is 17.7 Å². The first kappa shape index (κ1) is 18.5. The topological polar surface area (TPSA) is 95.3 Å². The molecule has 0 aliphatic carbocycles. The summed E-state index contributed by atoms with van der Waals surface area (Å²) in [6.07, 6.45) is -5.26. The van der Waals surface area contributed by atoms with E-state index < -0.39 is 36.0 Å². The second kappa shape index (κ2) is 7.37. The van der Waals surface area contributed by atoms with Gasteiger partial charge in [-0.2, -0.15) is 13.2 Å². The van der Waals surface area contributed by atoms with Gasteiger partial charge in [-0.15, -0.1) is 0 Å². The molecule has 0 bridgehead atoms. The van der Waals surface area contributed by atoms with E-state index in [1.165, 1.54) is 6.07 Å². The summed E-state index contributed by atoms with van der Waals surface area (Å²) in [4.78, 5) is 22.9. The van der Waals surface area contributed by atoms with Crippen LogP contribution in [0.5, 0.6) is 0 Å². The minimum Gasteiger partial charge on any atom is -0.550 e. The van der Waals surface area contributed by atoms with Crippen LogP contribution in [-0.2, 0) is 15.8 Å². The number of aromatic nitrogens is 1. The lowest BCUT2D eigenvalue weighted by atomic mass is 9.91. The van der Waals surface area contributed by atoms with Gasteiger partial charge in [-0.25, -0.2) is 0 Å². The van der Waals surface area contributed by atoms with Crippen molar-refractivity contribution in [1.29, 1.82) is 0 Å². The molecule has 2 rings (SSSR count). The number of rotatable bonds is 6. The highest BCUT2D eigenvalue weighted by Gasteiger charge is 2.30. The Bertz CT molecular complexity index is 753. The molecule has 0 saturated heterocycles. The van der Waals surface area contributed by atoms with Gasteiger partial charge in [0.1, 0.15) is 5.76 Å². The predicted octanol–water partition coefficient (Wildman–Crippen LogP) is 2.25. The maximum absolute atomic E-state index is 12.6. The summed E-state index contributed by atoms with van der Waals surface area (Å²) in [6, 6.07) is 5.48. The van der Waals surface area contributed by atoms with E-state index >= 15 is 0 Å². The molecule has 0 spiro atoms. The summed E-state index contributed by atoms with van der Waals surface area (Å²) in [5.74, 6) is -2.14. The van der Waals surface area contributed by atoms with Crippen molar-refractivity contribution in [1.82, 2.24) is 5.16 Å². The van der Waals surface area contributed by atoms with E-state index in [-0.39, 0.29) is 12.2 Å². The molecule has 1 N–H and O–H groups in total. The number of carboxylic acids is 1. The van der Waals surface area contributed by atoms with Gasteiger partial charge in [0.25, 0.3) is 0 Å². The van der Waals surface area contributed by atoms with Gasteiger partial charge in [-0.05, 0) is 37.0 Å². The fourth-order valence-electron chi connectivity index (χ4n) is 2.30. The zero-order chi connectivity index (χ0) is 18.6. The van der Waals surface area contributed by atoms with E-state index in [1.54, 1.807) is 6.92 Å². The Morgan fingerprint density at radius 3 is 2.36 bits per heavy atom. The van der Waals surface area contributed by atoms with Gasteiger partial charge in [0.2, 0.25) is 5.91 Å². The van der Waals surface area contributed by atoms with E-state index in [4.69, 9.17) is 4.52 Å². The van der Waals surface area contributed by atoms with Crippen LogP contribution in [0, 0.1) is 6.92 Å². The molecular formula is C16H14F3N2O4-. The van der Waals surface area contributed by atoms with Crippen LogP contribution in [0.2, 0.25) is 0 Å². The number of halogens is 3. The van der Waals surface area contributed by atoms with E-state index in [0.29, 0.717) is 11.3 Å². The molecular weight excluding hydrogens is 341 g/mol. The van der Waals surface area contributed by atoms with Crippen molar-refractivity contribution in [2.24, 2.45) is 0 Å². The first-order chi connectivity index (χ1) is 11.6. The number of carboxylic acid groups (broad SMARTS) is 1. The second-order valence-corrected chi connectivity index (χ2v) is 5.47. The number of carbonyl (C=O) groups is 2. The lowest BCUT2D eigenvalue weighted by Gasteiger charge is -2.18. The number of anilines is 1. The van der Waals surface area contributed by atoms with Gasteiger partial charge >= 0.3 is 6.18 Å². The Morgan fingerprint density at radius 1 is 1.24 bits per heavy atom. The first-order valence-electron chi connectivity index (χ1n) is 7.25. The molecule has 1 aromatic carbocycles. The van der Waals surface area contributed by atoms with Crippen LogP contribution in [0.4, 0.5) is 19.0 Å². The van der Waals surface area contributed by atoms with Gasteiger partial charge in [-0.3, -0.25) is 4.79 Å². The summed E-state index contributed by atoms with van der Waals surface area (Å²) >= 11 is 0. The molecule has 1 aromatic heterocycles. The van der Waals surface area contributed by atoms with Crippen LogP contribution >= 0.6 is 0 Å². The molecule has 0 unspecified atom stereocenters. The Balaban J connectivity index is 2.12. The molecule has 0 saturated carbocycles. The third-order valence-corrected chi connectivity index (χ3v) is 3.45. The van der Waals surface area contributed by atoms with Crippen molar-refractivity contribution in [3.8, 4) is 0 Å². The lowest BCUT2D eigenvalue weighted by Crippen LogP contribution is -2.26. The van der Waals surface area contributed by atoms with Gasteiger partial charge in [0.15, 0.2) is 5.82 Å². The van der Waals surface area contributed by atoms with Crippen LogP contribution < -0.4 is 10.4 Å². The number of hydrogen-bond donors (Lipinski definition) is 1. The molecule has 0 radical (unpaired) electrons. The second-order valence-electron chi connectivity index (χ2n) is 5.47. The molecule has 1 atom stereocenters. The highest BCUT2D eigenvalue weighted by Crippen LogP contribution is 2.31. The SMILES string of the molecule is Cc1cc(NC(=O)C[C@H](CC(=O)[O-])c2ccc(C(F)(F)F)cc2)no1. The van der Waals surface area contributed by atoms with Crippen molar-refractivity contribution in [2.75, 3.05) is 5.32 Å². The Morgan fingerprint density at radius 2 is 1.88 bits per heavy atom. The molecule has 134 valence electrons. The number of carbonyl (C=O) groups excluding carboxylic acids is 2. The quantitative estimate of drug-likeness (QED) is 0.857. The van der Waals surface area contributed by atoms with Crippen molar-refractivity contribution < 1.29 is 32.4 Å². The van der Waals surface area contributed by atoms with Crippen molar-refractivity contribution in [3.05, 3.63) is 47.2 Å². The van der Waals surface area contributed by atoms with Crippen molar-refractivity contribution in [3.63, 3.8) is 0 Å². The van der Waals surface area contributed by atoms with Gasteiger partial charge in [0, 0.05) is 18.5 Å². The molecule has 0 aliphatic rings. The first-order valence-corrected chi connectivity index (χ1v) is 7.25. The minimum atomic E-state index is -4.50. The number of nitrogens with zero attached hydrogens (tertiary/aromatic N) is 1. The zero-order valence-corrected chi connectivity index (χ0v) is 13.1. The summed E-state index contributed by atoms with van der Waals surface area (Å²) in [5, 5.41) is 16.9. The minimum absolute atomic E-state index is 0.169. The number of aryl methyl sites for hydroxylation is 1. The fourth-order valence-corrected chi connectivity index (χ4v) is 2.30. The highest BCUT2D eigenvalue weighted by molar-refractivity contribution is 5.90. The average molecular weight is 355 g/mol. The molecule has 25 heavy (non-hydrogen) atoms. The molecule has 9 heteroatoms. The van der Waals surface area contributed by atoms with E-state index in [0.717, 1.165) is 24.3 Å². The largest absolute Gasteiger partial charge is 0.550 e. The highest BCUT2D eigenvalue weighted by atomic mass is 19.4. The van der Waals surface area contributed by atoms with Gasteiger partial charge in [-0.1, -0.05) is 17.3 Å². The molecule has 0 aliphatic heterocycles. The van der Waals surface area contributed by atoms with Crippen LogP contribution in [0.1, 0.15) is 35.6 Å². The Hall–Kier alpha value is -2.84. The lowest BCUT2D eigenvalue weighted by molar-refractivity contribution is -0.306. The monoisotopic (exact) mass is 355 g/mol. The normalized spacial score (nSPS) is 12.6. The summed E-state index contributed by atoms with van der Waals surface area (Å²) in [7, 11) is 0. The molecule has 0 fully saturated rings. The zero-order valence-electron chi connectivity index (χ0n) is 13.1. The molecule has 1 heterocycles. The third kappa shape index (κ3) is 5.33. The molecule has 2 aromatic rings. The standard InChI is InChI=1S/C16H15F3N2O4/c1-9-6-13(21-25-9)20-14(22)7-11(8-15(23)24)10-2-4-12(5-3-10)16(17,18)19/h2-6,11H,7-8H2,1H3,(H,23,24)(H,20,21,22)/p-1/t11-/m1/s1. The number of hydrogen-bond acceptors (Lipinski definition) is 5. The number of nitrogens with one attached hydrogen (secondary N) is 1. The number of benzene rings is 1. The smallest absolute Gasteiger partial charge is 0.416 e. The summed E-state index contributed by atoms with van der Waals surface area (Å²) in [6.45, 7) is 1.63. The fraction of sp³-hybridized carbons (Fsp3) is 0.312. The van der Waals surface area contributed by atoms with Gasteiger partial charge < -0.3 is 19.7 Å². The van der Waals surface area contributed by atoms with Gasteiger partial charge in [0.05, 0.1) is 5.56 Å². The molecule has 1 amide bonds. The maximum Gasteiger partial charge on any atom is 0.416 e. The van der Waals surface area contributed by atoms with E-state index in [2.05, 4.69) is 10.5 Å². The summed E-state index contributed by atoms with van der Waals surface area (Å²) in [5.41, 5.74) is -0.561. The van der Waals surface area contributed by atoms with Crippen LogP contribution in [-0.4, -0.2) is 17.0 Å². The number of amides is 1. The number of alkyl halides is 3. The maximum atomic E-state index is 12.6. The average Bonchev–Trinajstić information content (AvgIpc) is 2.90. The third-order valence-electron chi connectivity index (χ3n) is 3.45. The summed E-state index contributed by atoms with van der Waals surface area (Å²) < 4.78 is 42.6. The van der Waals surface area contributed by atoms with E-state index in [1.807, 2.05) is 0 Å². The Labute approximate surface area is 140 Å². The van der Waals surface area contributed by atoms with Crippen LogP contribution in [0.15, 0.2) is 34.9 Å². The predicted molar refractivity (Wildman–Crippen MR) is 78.3 cm³/mol. The molecule has 6 nitrogen and oxygen atoms in total. The Kier molecular flexibility index (Phi) is 5.45. The van der Waals surface area contributed by atoms with Crippen LogP contribution in [0.25, 0.3) is 0 Å².